The predicted molar refractivity (Wildman–Crippen MR) is 118 cm³/mol. The summed E-state index contributed by atoms with van der Waals surface area (Å²) in [5.74, 6) is 1.34. The van der Waals surface area contributed by atoms with Crippen LogP contribution in [0.3, 0.4) is 0 Å². The van der Waals surface area contributed by atoms with Crippen LogP contribution in [0.4, 0.5) is 0 Å². The minimum absolute atomic E-state index is 0.321. The third-order valence-electron chi connectivity index (χ3n) is 5.74. The molecule has 154 valence electrons. The number of halogens is 2. The number of ether oxygens (including phenoxy) is 1. The van der Waals surface area contributed by atoms with Gasteiger partial charge in [0.1, 0.15) is 0 Å². The quantitative estimate of drug-likeness (QED) is 0.356. The molecule has 1 N–H and O–H groups in total. The fourth-order valence-corrected chi connectivity index (χ4v) is 4.35. The molecule has 0 spiro atoms. The lowest BCUT2D eigenvalue weighted by molar-refractivity contribution is 0.107. The molecule has 0 aliphatic heterocycles. The van der Waals surface area contributed by atoms with Crippen molar-refractivity contribution in [2.24, 2.45) is 11.8 Å². The van der Waals surface area contributed by atoms with E-state index in [2.05, 4.69) is 38.2 Å². The average molecular weight is 414 g/mol. The van der Waals surface area contributed by atoms with Crippen LogP contribution in [0.15, 0.2) is 18.2 Å². The zero-order chi connectivity index (χ0) is 19.7. The number of unbranched alkanes of at least 4 members (excludes halogenated alkanes) is 1. The summed E-state index contributed by atoms with van der Waals surface area (Å²) in [6, 6.07) is 6.23. The van der Waals surface area contributed by atoms with Gasteiger partial charge >= 0.3 is 0 Å². The molecule has 1 aromatic carbocycles. The van der Waals surface area contributed by atoms with E-state index in [1.807, 2.05) is 6.07 Å². The molecule has 0 radical (unpaired) electrons. The van der Waals surface area contributed by atoms with Crippen LogP contribution in [0.1, 0.15) is 71.3 Å². The van der Waals surface area contributed by atoms with Crippen LogP contribution in [-0.4, -0.2) is 26.3 Å². The van der Waals surface area contributed by atoms with Crippen LogP contribution in [0.5, 0.6) is 0 Å². The summed E-state index contributed by atoms with van der Waals surface area (Å²) >= 11 is 12.4. The number of hydrogen-bond acceptors (Lipinski definition) is 2. The van der Waals surface area contributed by atoms with Gasteiger partial charge < -0.3 is 10.1 Å². The van der Waals surface area contributed by atoms with Crippen molar-refractivity contribution in [3.05, 3.63) is 33.8 Å². The molecule has 0 heterocycles. The van der Waals surface area contributed by atoms with Gasteiger partial charge in [0.2, 0.25) is 0 Å². The molecule has 1 saturated carbocycles. The summed E-state index contributed by atoms with van der Waals surface area (Å²) in [6.07, 6.45) is 8.69. The summed E-state index contributed by atoms with van der Waals surface area (Å²) in [4.78, 5) is 0. The van der Waals surface area contributed by atoms with Crippen molar-refractivity contribution in [2.75, 3.05) is 26.3 Å². The summed E-state index contributed by atoms with van der Waals surface area (Å²) in [5.41, 5.74) is 1.70. The lowest BCUT2D eigenvalue weighted by atomic mass is 9.60. The van der Waals surface area contributed by atoms with E-state index in [9.17, 15) is 0 Å². The van der Waals surface area contributed by atoms with Gasteiger partial charge in [-0.15, -0.1) is 0 Å². The molecule has 1 aromatic rings. The van der Waals surface area contributed by atoms with Crippen LogP contribution < -0.4 is 5.32 Å². The molecule has 2 rings (SSSR count). The van der Waals surface area contributed by atoms with Gasteiger partial charge in [-0.3, -0.25) is 0 Å². The minimum atomic E-state index is 0.321. The largest absolute Gasteiger partial charge is 0.381 e. The summed E-state index contributed by atoms with van der Waals surface area (Å²) in [7, 11) is 0. The van der Waals surface area contributed by atoms with Crippen LogP contribution in [0.2, 0.25) is 10.0 Å². The highest BCUT2D eigenvalue weighted by molar-refractivity contribution is 6.42. The van der Waals surface area contributed by atoms with Gasteiger partial charge in [0.05, 0.1) is 10.0 Å². The van der Waals surface area contributed by atoms with Gasteiger partial charge in [-0.2, -0.15) is 0 Å². The standard InChI is InChI=1S/C23H37Cl2NO/c1-18(2)17-27-14-5-4-12-26-13-9-19(3)16-23(10-6-11-23)20-7-8-21(24)22(25)15-20/h7-8,15,18-19,26H,4-6,9-14,16-17H2,1-3H3. The summed E-state index contributed by atoms with van der Waals surface area (Å²) in [5, 5.41) is 4.94. The molecule has 27 heavy (non-hydrogen) atoms. The monoisotopic (exact) mass is 413 g/mol. The molecule has 0 bridgehead atoms. The first-order valence-corrected chi connectivity index (χ1v) is 11.4. The van der Waals surface area contributed by atoms with Gasteiger partial charge in [0, 0.05) is 13.2 Å². The van der Waals surface area contributed by atoms with E-state index in [-0.39, 0.29) is 0 Å². The number of rotatable bonds is 13. The van der Waals surface area contributed by atoms with Crippen LogP contribution in [0.25, 0.3) is 0 Å². The molecular weight excluding hydrogens is 377 g/mol. The smallest absolute Gasteiger partial charge is 0.0595 e. The Labute approximate surface area is 176 Å². The SMILES string of the molecule is CC(C)COCCCCNCCC(C)CC1(c2ccc(Cl)c(Cl)c2)CCC1. The Morgan fingerprint density at radius 2 is 1.85 bits per heavy atom. The maximum Gasteiger partial charge on any atom is 0.0595 e. The van der Waals surface area contributed by atoms with Crippen molar-refractivity contribution in [3.8, 4) is 0 Å². The summed E-state index contributed by atoms with van der Waals surface area (Å²) in [6.45, 7) is 10.7. The highest BCUT2D eigenvalue weighted by atomic mass is 35.5. The predicted octanol–water partition coefficient (Wildman–Crippen LogP) is 6.87. The Morgan fingerprint density at radius 1 is 1.07 bits per heavy atom. The highest BCUT2D eigenvalue weighted by Crippen LogP contribution is 2.49. The molecule has 2 nitrogen and oxygen atoms in total. The molecule has 1 fully saturated rings. The van der Waals surface area contributed by atoms with Crippen LogP contribution in [-0.2, 0) is 10.2 Å². The Morgan fingerprint density at radius 3 is 2.48 bits per heavy atom. The first-order valence-electron chi connectivity index (χ1n) is 10.7. The van der Waals surface area contributed by atoms with Gasteiger partial charge in [0.25, 0.3) is 0 Å². The van der Waals surface area contributed by atoms with Crippen LogP contribution >= 0.6 is 23.2 Å². The van der Waals surface area contributed by atoms with E-state index in [1.165, 1.54) is 44.1 Å². The Balaban J connectivity index is 1.63. The van der Waals surface area contributed by atoms with Crippen molar-refractivity contribution >= 4 is 23.2 Å². The second kappa shape index (κ2) is 11.7. The van der Waals surface area contributed by atoms with E-state index >= 15 is 0 Å². The lowest BCUT2D eigenvalue weighted by Gasteiger charge is -2.44. The summed E-state index contributed by atoms with van der Waals surface area (Å²) < 4.78 is 5.63. The molecule has 4 heteroatoms. The Hall–Kier alpha value is -0.280. The topological polar surface area (TPSA) is 21.3 Å². The Bertz CT molecular complexity index is 557. The number of nitrogens with one attached hydrogen (secondary N) is 1. The molecular formula is C23H37Cl2NO. The van der Waals surface area contributed by atoms with E-state index in [1.54, 1.807) is 0 Å². The molecule has 1 aliphatic rings. The molecule has 0 amide bonds. The molecule has 0 aromatic heterocycles. The maximum atomic E-state index is 6.27. The van der Waals surface area contributed by atoms with Crippen molar-refractivity contribution < 1.29 is 4.74 Å². The Kier molecular flexibility index (Phi) is 9.93. The van der Waals surface area contributed by atoms with Gasteiger partial charge in [0.15, 0.2) is 0 Å². The third-order valence-corrected chi connectivity index (χ3v) is 6.48. The van der Waals surface area contributed by atoms with E-state index in [0.717, 1.165) is 32.7 Å². The molecule has 1 aliphatic carbocycles. The fraction of sp³-hybridized carbons (Fsp3) is 0.739. The fourth-order valence-electron chi connectivity index (χ4n) is 4.06. The number of benzene rings is 1. The second-order valence-electron chi connectivity index (χ2n) is 8.79. The molecule has 1 unspecified atom stereocenters. The van der Waals surface area contributed by atoms with E-state index in [0.29, 0.717) is 27.3 Å². The van der Waals surface area contributed by atoms with Crippen molar-refractivity contribution in [1.82, 2.24) is 5.32 Å². The van der Waals surface area contributed by atoms with Gasteiger partial charge in [-0.05, 0) is 86.6 Å². The first-order chi connectivity index (χ1) is 12.9. The zero-order valence-corrected chi connectivity index (χ0v) is 18.8. The van der Waals surface area contributed by atoms with Crippen molar-refractivity contribution in [3.63, 3.8) is 0 Å². The molecule has 1 atom stereocenters. The van der Waals surface area contributed by atoms with Gasteiger partial charge in [-0.1, -0.05) is 56.5 Å². The third kappa shape index (κ3) is 7.57. The average Bonchev–Trinajstić information content (AvgIpc) is 2.59. The number of hydrogen-bond donors (Lipinski definition) is 1. The highest BCUT2D eigenvalue weighted by Gasteiger charge is 2.39. The second-order valence-corrected chi connectivity index (χ2v) is 9.60. The van der Waals surface area contributed by atoms with Gasteiger partial charge in [-0.25, -0.2) is 0 Å². The minimum Gasteiger partial charge on any atom is -0.381 e. The van der Waals surface area contributed by atoms with E-state index in [4.69, 9.17) is 27.9 Å². The molecule has 0 saturated heterocycles. The van der Waals surface area contributed by atoms with E-state index < -0.39 is 0 Å². The normalized spacial score (nSPS) is 17.1. The van der Waals surface area contributed by atoms with Crippen molar-refractivity contribution in [1.29, 1.82) is 0 Å². The zero-order valence-electron chi connectivity index (χ0n) is 17.3. The lowest BCUT2D eigenvalue weighted by Crippen LogP contribution is -2.36. The first kappa shape index (κ1) is 23.0. The van der Waals surface area contributed by atoms with Crippen molar-refractivity contribution in [2.45, 2.75) is 71.1 Å². The van der Waals surface area contributed by atoms with Crippen LogP contribution in [0, 0.1) is 11.8 Å². The maximum absolute atomic E-state index is 6.27.